The van der Waals surface area contributed by atoms with Crippen LogP contribution in [0.2, 0.25) is 0 Å². The molecule has 0 amide bonds. The van der Waals surface area contributed by atoms with Crippen molar-refractivity contribution >= 4 is 28.3 Å². The lowest BCUT2D eigenvalue weighted by molar-refractivity contribution is 0.906. The molecule has 0 aliphatic carbocycles. The molecule has 0 saturated heterocycles. The summed E-state index contributed by atoms with van der Waals surface area (Å²) in [5.74, 6) is 0.497. The van der Waals surface area contributed by atoms with Crippen LogP contribution < -0.4 is 5.73 Å². The summed E-state index contributed by atoms with van der Waals surface area (Å²) in [5.41, 5.74) is 7.39. The Morgan fingerprint density at radius 2 is 2.42 bits per heavy atom. The van der Waals surface area contributed by atoms with E-state index in [0.717, 1.165) is 11.4 Å². The second kappa shape index (κ2) is 4.02. The highest BCUT2D eigenvalue weighted by atomic mass is 32.2. The molecule has 1 heterocycles. The molecule has 12 heavy (non-hydrogen) atoms. The summed E-state index contributed by atoms with van der Waals surface area (Å²) in [6.07, 6.45) is 0. The van der Waals surface area contributed by atoms with Crippen LogP contribution >= 0.6 is 24.0 Å². The Labute approximate surface area is 81.3 Å². The SMILES string of the molecule is Cc1cc(C)n(C(=S)SCN)n1. The Morgan fingerprint density at radius 3 is 2.83 bits per heavy atom. The zero-order chi connectivity index (χ0) is 9.14. The zero-order valence-corrected chi connectivity index (χ0v) is 8.71. The molecule has 2 N–H and O–H groups in total. The lowest BCUT2D eigenvalue weighted by Gasteiger charge is -2.02. The molecule has 0 unspecified atom stereocenters. The van der Waals surface area contributed by atoms with Gasteiger partial charge in [0, 0.05) is 11.6 Å². The second-order valence-corrected chi connectivity index (χ2v) is 4.07. The largest absolute Gasteiger partial charge is 0.322 e. The average Bonchev–Trinajstić information content (AvgIpc) is 2.30. The van der Waals surface area contributed by atoms with E-state index in [2.05, 4.69) is 5.10 Å². The maximum atomic E-state index is 5.36. The average molecular weight is 201 g/mol. The van der Waals surface area contributed by atoms with Gasteiger partial charge >= 0.3 is 0 Å². The number of rotatable bonds is 1. The smallest absolute Gasteiger partial charge is 0.162 e. The standard InChI is InChI=1S/C7H11N3S2/c1-5-3-6(2)10(9-5)7(11)12-4-8/h3H,4,8H2,1-2H3. The van der Waals surface area contributed by atoms with Gasteiger partial charge in [-0.3, -0.25) is 0 Å². The van der Waals surface area contributed by atoms with E-state index < -0.39 is 0 Å². The first-order valence-corrected chi connectivity index (χ1v) is 4.95. The monoisotopic (exact) mass is 201 g/mol. The fourth-order valence-corrected chi connectivity index (χ4v) is 1.78. The van der Waals surface area contributed by atoms with Gasteiger partial charge in [-0.1, -0.05) is 24.0 Å². The van der Waals surface area contributed by atoms with Crippen LogP contribution in [0.4, 0.5) is 0 Å². The molecule has 0 atom stereocenters. The minimum atomic E-state index is 0.497. The topological polar surface area (TPSA) is 43.8 Å². The Kier molecular flexibility index (Phi) is 3.25. The first kappa shape index (κ1) is 9.70. The molecule has 0 fully saturated rings. The summed E-state index contributed by atoms with van der Waals surface area (Å²) in [6.45, 7) is 3.92. The number of nitrogens with zero attached hydrogens (tertiary/aromatic N) is 2. The summed E-state index contributed by atoms with van der Waals surface area (Å²) in [6, 6.07) is 1.99. The lowest BCUT2D eigenvalue weighted by Crippen LogP contribution is -2.11. The fourth-order valence-electron chi connectivity index (χ4n) is 0.946. The van der Waals surface area contributed by atoms with Crippen molar-refractivity contribution in [2.75, 3.05) is 5.88 Å². The second-order valence-electron chi connectivity index (χ2n) is 2.42. The molecule has 0 radical (unpaired) electrons. The Balaban J connectivity index is 2.87. The molecule has 1 rings (SSSR count). The number of hydrogen-bond donors (Lipinski definition) is 1. The van der Waals surface area contributed by atoms with E-state index in [1.807, 2.05) is 19.9 Å². The third-order valence-corrected chi connectivity index (χ3v) is 2.50. The van der Waals surface area contributed by atoms with Crippen molar-refractivity contribution in [2.24, 2.45) is 5.73 Å². The predicted octanol–water partition coefficient (Wildman–Crippen LogP) is 1.28. The number of aryl methyl sites for hydroxylation is 2. The van der Waals surface area contributed by atoms with Crippen molar-refractivity contribution in [3.05, 3.63) is 17.5 Å². The van der Waals surface area contributed by atoms with Gasteiger partial charge in [-0.15, -0.1) is 0 Å². The highest BCUT2D eigenvalue weighted by Gasteiger charge is 2.05. The minimum Gasteiger partial charge on any atom is -0.322 e. The van der Waals surface area contributed by atoms with E-state index >= 15 is 0 Å². The van der Waals surface area contributed by atoms with Crippen LogP contribution in [-0.2, 0) is 0 Å². The van der Waals surface area contributed by atoms with Gasteiger partial charge in [-0.2, -0.15) is 5.10 Å². The summed E-state index contributed by atoms with van der Waals surface area (Å²) in [4.78, 5) is 0. The number of thiocarbonyl (C=S) groups is 1. The van der Waals surface area contributed by atoms with Crippen LogP contribution in [0.15, 0.2) is 6.07 Å². The summed E-state index contributed by atoms with van der Waals surface area (Å²) in [7, 11) is 0. The van der Waals surface area contributed by atoms with Crippen molar-refractivity contribution in [2.45, 2.75) is 13.8 Å². The van der Waals surface area contributed by atoms with E-state index in [-0.39, 0.29) is 0 Å². The van der Waals surface area contributed by atoms with Gasteiger partial charge in [0.1, 0.15) is 0 Å². The molecule has 3 nitrogen and oxygen atoms in total. The van der Waals surface area contributed by atoms with Crippen LogP contribution in [0.5, 0.6) is 0 Å². The van der Waals surface area contributed by atoms with Gasteiger partial charge in [0.2, 0.25) is 0 Å². The van der Waals surface area contributed by atoms with Crippen LogP contribution in [0.25, 0.3) is 0 Å². The molecule has 5 heteroatoms. The quantitative estimate of drug-likeness (QED) is 0.549. The van der Waals surface area contributed by atoms with Crippen LogP contribution in [0, 0.1) is 13.8 Å². The lowest BCUT2D eigenvalue weighted by atomic mass is 10.4. The number of hydrogen-bond acceptors (Lipinski definition) is 4. The van der Waals surface area contributed by atoms with E-state index in [1.165, 1.54) is 11.8 Å². The molecule has 0 bridgehead atoms. The van der Waals surface area contributed by atoms with Crippen molar-refractivity contribution in [3.63, 3.8) is 0 Å². The van der Waals surface area contributed by atoms with Crippen molar-refractivity contribution in [3.8, 4) is 0 Å². The minimum absolute atomic E-state index is 0.497. The summed E-state index contributed by atoms with van der Waals surface area (Å²) >= 11 is 6.53. The zero-order valence-electron chi connectivity index (χ0n) is 7.07. The van der Waals surface area contributed by atoms with Gasteiger partial charge in [0.15, 0.2) is 4.32 Å². The van der Waals surface area contributed by atoms with Crippen LogP contribution in [0.3, 0.4) is 0 Å². The summed E-state index contributed by atoms with van der Waals surface area (Å²) < 4.78 is 2.45. The van der Waals surface area contributed by atoms with E-state index in [9.17, 15) is 0 Å². The molecule has 0 spiro atoms. The third-order valence-electron chi connectivity index (χ3n) is 1.39. The number of aromatic nitrogens is 2. The number of nitrogens with two attached hydrogens (primary N) is 1. The predicted molar refractivity (Wildman–Crippen MR) is 56.3 cm³/mol. The third kappa shape index (κ3) is 2.06. The van der Waals surface area contributed by atoms with Gasteiger partial charge in [-0.25, -0.2) is 4.68 Å². The summed E-state index contributed by atoms with van der Waals surface area (Å²) in [5, 5.41) is 4.23. The first-order valence-electron chi connectivity index (χ1n) is 3.55. The van der Waals surface area contributed by atoms with Crippen LogP contribution in [-0.4, -0.2) is 20.0 Å². The normalized spacial score (nSPS) is 10.2. The maximum Gasteiger partial charge on any atom is 0.162 e. The molecule has 1 aromatic rings. The Hall–Kier alpha value is -0.390. The highest BCUT2D eigenvalue weighted by molar-refractivity contribution is 8.22. The highest BCUT2D eigenvalue weighted by Crippen LogP contribution is 2.08. The van der Waals surface area contributed by atoms with Crippen LogP contribution in [0.1, 0.15) is 11.4 Å². The molecular weight excluding hydrogens is 190 g/mol. The van der Waals surface area contributed by atoms with Gasteiger partial charge in [0.05, 0.1) is 5.69 Å². The maximum absolute atomic E-state index is 5.36. The van der Waals surface area contributed by atoms with E-state index in [1.54, 1.807) is 4.68 Å². The van der Waals surface area contributed by atoms with Crippen molar-refractivity contribution < 1.29 is 0 Å². The van der Waals surface area contributed by atoms with Crippen molar-refractivity contribution in [1.82, 2.24) is 9.78 Å². The van der Waals surface area contributed by atoms with Gasteiger partial charge in [-0.05, 0) is 19.9 Å². The number of thioether (sulfide) groups is 1. The molecule has 1 aromatic heterocycles. The molecule has 0 aromatic carbocycles. The fraction of sp³-hybridized carbons (Fsp3) is 0.429. The van der Waals surface area contributed by atoms with E-state index in [0.29, 0.717) is 10.2 Å². The first-order chi connectivity index (χ1) is 5.65. The van der Waals surface area contributed by atoms with Gasteiger partial charge in [0.25, 0.3) is 0 Å². The van der Waals surface area contributed by atoms with Crippen molar-refractivity contribution in [1.29, 1.82) is 0 Å². The Bertz CT molecular complexity index is 293. The Morgan fingerprint density at radius 1 is 1.75 bits per heavy atom. The molecular formula is C7H11N3S2. The molecule has 0 aliphatic rings. The molecule has 66 valence electrons. The molecule has 0 aliphatic heterocycles. The van der Waals surface area contributed by atoms with Gasteiger partial charge < -0.3 is 5.73 Å². The van der Waals surface area contributed by atoms with E-state index in [4.69, 9.17) is 18.0 Å². The molecule has 0 saturated carbocycles.